The molecule has 1 unspecified atom stereocenters. The SMILES string of the molecule is C=CC(=O)NC1CCC[C@@H](Nc2nnc(C(N)=O)c(Nc3cc(C)ns3)n2)[C@H]1C. The van der Waals surface area contributed by atoms with Crippen LogP contribution in [-0.2, 0) is 4.79 Å². The summed E-state index contributed by atoms with van der Waals surface area (Å²) in [7, 11) is 0. The van der Waals surface area contributed by atoms with E-state index in [-0.39, 0.29) is 41.4 Å². The number of amides is 2. The number of nitrogens with zero attached hydrogens (tertiary/aromatic N) is 4. The average molecular weight is 417 g/mol. The Bertz CT molecular complexity index is 915. The second kappa shape index (κ2) is 8.95. The number of primary amides is 1. The van der Waals surface area contributed by atoms with E-state index >= 15 is 0 Å². The number of nitrogens with two attached hydrogens (primary N) is 1. The first-order chi connectivity index (χ1) is 13.9. The zero-order chi connectivity index (χ0) is 21.0. The van der Waals surface area contributed by atoms with Crippen molar-refractivity contribution in [1.82, 2.24) is 24.9 Å². The smallest absolute Gasteiger partial charge is 0.273 e. The third kappa shape index (κ3) is 5.05. The van der Waals surface area contributed by atoms with Gasteiger partial charge in [0.2, 0.25) is 11.9 Å². The first-order valence-electron chi connectivity index (χ1n) is 9.31. The first kappa shape index (κ1) is 20.6. The molecule has 2 aromatic heterocycles. The van der Waals surface area contributed by atoms with E-state index in [1.165, 1.54) is 17.6 Å². The summed E-state index contributed by atoms with van der Waals surface area (Å²) >= 11 is 1.24. The Morgan fingerprint density at radius 3 is 2.72 bits per heavy atom. The maximum atomic E-state index is 11.7. The highest BCUT2D eigenvalue weighted by Gasteiger charge is 2.31. The van der Waals surface area contributed by atoms with Gasteiger partial charge >= 0.3 is 0 Å². The Labute approximate surface area is 172 Å². The van der Waals surface area contributed by atoms with Crippen LogP contribution in [0.2, 0.25) is 0 Å². The number of aryl methyl sites for hydroxylation is 1. The molecule has 2 heterocycles. The van der Waals surface area contributed by atoms with Crippen molar-refractivity contribution in [3.05, 3.63) is 30.1 Å². The third-order valence-electron chi connectivity index (χ3n) is 4.92. The number of aromatic nitrogens is 4. The predicted octanol–water partition coefficient (Wildman–Crippen LogP) is 1.75. The molecular formula is C18H24N8O2S. The number of carbonyl (C=O) groups excluding carboxylic acids is 2. The van der Waals surface area contributed by atoms with Gasteiger partial charge in [-0.1, -0.05) is 13.5 Å². The van der Waals surface area contributed by atoms with Gasteiger partial charge in [0.15, 0.2) is 11.5 Å². The second-order valence-corrected chi connectivity index (χ2v) is 7.82. The number of carbonyl (C=O) groups is 2. The maximum absolute atomic E-state index is 11.7. The van der Waals surface area contributed by atoms with Crippen LogP contribution in [0.3, 0.4) is 0 Å². The lowest BCUT2D eigenvalue weighted by atomic mass is 9.81. The standard InChI is InChI=1S/C18H24N8O2S/c1-4-13(27)20-11-6-5-7-12(10(11)3)21-18-23-17(15(16(19)28)24-25-18)22-14-8-9(2)26-29-14/h4,8,10-12H,1,5-7H2,2-3H3,(H2,19,28)(H,20,27)(H2,21,22,23,25)/t10-,11?,12+/m0/s1. The molecule has 1 aliphatic carbocycles. The molecule has 0 saturated heterocycles. The third-order valence-corrected chi connectivity index (χ3v) is 5.71. The Hall–Kier alpha value is -3.08. The van der Waals surface area contributed by atoms with Gasteiger partial charge in [-0.3, -0.25) is 9.59 Å². The van der Waals surface area contributed by atoms with Crippen LogP contribution in [0.4, 0.5) is 16.8 Å². The van der Waals surface area contributed by atoms with Crippen molar-refractivity contribution >= 4 is 40.1 Å². The summed E-state index contributed by atoms with van der Waals surface area (Å²) in [4.78, 5) is 27.8. The molecule has 3 atom stereocenters. The van der Waals surface area contributed by atoms with E-state index in [1.54, 1.807) is 0 Å². The number of hydrogen-bond acceptors (Lipinski definition) is 9. The van der Waals surface area contributed by atoms with Gasteiger partial charge in [-0.25, -0.2) is 0 Å². The zero-order valence-electron chi connectivity index (χ0n) is 16.3. The minimum atomic E-state index is -0.724. The number of rotatable bonds is 7. The molecule has 0 bridgehead atoms. The van der Waals surface area contributed by atoms with Gasteiger partial charge in [0.05, 0.1) is 5.69 Å². The summed E-state index contributed by atoms with van der Waals surface area (Å²) in [6, 6.07) is 1.90. The van der Waals surface area contributed by atoms with Gasteiger partial charge in [-0.15, -0.1) is 10.2 Å². The molecule has 1 saturated carbocycles. The van der Waals surface area contributed by atoms with Gasteiger partial charge < -0.3 is 21.7 Å². The lowest BCUT2D eigenvalue weighted by Crippen LogP contribution is -2.48. The Morgan fingerprint density at radius 2 is 2.07 bits per heavy atom. The normalized spacial score (nSPS) is 21.2. The van der Waals surface area contributed by atoms with Crippen molar-refractivity contribution in [2.24, 2.45) is 11.7 Å². The lowest BCUT2D eigenvalue weighted by Gasteiger charge is -2.36. The first-order valence-corrected chi connectivity index (χ1v) is 10.1. The molecule has 1 fully saturated rings. The second-order valence-electron chi connectivity index (χ2n) is 7.01. The van der Waals surface area contributed by atoms with Gasteiger partial charge in [-0.05, 0) is 55.8 Å². The van der Waals surface area contributed by atoms with Gasteiger partial charge in [0.25, 0.3) is 5.91 Å². The summed E-state index contributed by atoms with van der Waals surface area (Å²) in [5.74, 6) is -0.256. The Kier molecular flexibility index (Phi) is 6.37. The molecule has 5 N–H and O–H groups in total. The molecular weight excluding hydrogens is 392 g/mol. The van der Waals surface area contributed by atoms with Crippen molar-refractivity contribution in [2.45, 2.75) is 45.2 Å². The fraction of sp³-hybridized carbons (Fsp3) is 0.444. The van der Waals surface area contributed by atoms with Gasteiger partial charge in [0, 0.05) is 12.1 Å². The van der Waals surface area contributed by atoms with E-state index in [1.807, 2.05) is 13.0 Å². The molecule has 154 valence electrons. The highest BCUT2D eigenvalue weighted by atomic mass is 32.1. The Balaban J connectivity index is 1.77. The molecule has 2 amide bonds. The quantitative estimate of drug-likeness (QED) is 0.499. The fourth-order valence-corrected chi connectivity index (χ4v) is 4.02. The van der Waals surface area contributed by atoms with Crippen LogP contribution in [0, 0.1) is 12.8 Å². The monoisotopic (exact) mass is 416 g/mol. The highest BCUT2D eigenvalue weighted by Crippen LogP contribution is 2.28. The van der Waals surface area contributed by atoms with Gasteiger partial charge in [-0.2, -0.15) is 9.36 Å². The number of anilines is 3. The van der Waals surface area contributed by atoms with Crippen molar-refractivity contribution in [1.29, 1.82) is 0 Å². The van der Waals surface area contributed by atoms with Crippen LogP contribution in [-0.4, -0.2) is 43.5 Å². The van der Waals surface area contributed by atoms with Crippen LogP contribution in [0.15, 0.2) is 18.7 Å². The molecule has 0 aliphatic heterocycles. The molecule has 3 rings (SSSR count). The summed E-state index contributed by atoms with van der Waals surface area (Å²) in [5.41, 5.74) is 6.21. The van der Waals surface area contributed by atoms with Crippen LogP contribution >= 0.6 is 11.5 Å². The van der Waals surface area contributed by atoms with Gasteiger partial charge in [0.1, 0.15) is 5.00 Å². The van der Waals surface area contributed by atoms with E-state index in [0.29, 0.717) is 0 Å². The summed E-state index contributed by atoms with van der Waals surface area (Å²) in [6.45, 7) is 7.44. The molecule has 0 aromatic carbocycles. The van der Waals surface area contributed by atoms with Crippen molar-refractivity contribution in [2.75, 3.05) is 10.6 Å². The molecule has 0 radical (unpaired) electrons. The molecule has 29 heavy (non-hydrogen) atoms. The topological polar surface area (TPSA) is 148 Å². The summed E-state index contributed by atoms with van der Waals surface area (Å²) in [6.07, 6.45) is 4.02. The summed E-state index contributed by atoms with van der Waals surface area (Å²) in [5, 5.41) is 18.0. The van der Waals surface area contributed by atoms with Crippen LogP contribution < -0.4 is 21.7 Å². The van der Waals surface area contributed by atoms with E-state index in [9.17, 15) is 9.59 Å². The highest BCUT2D eigenvalue weighted by molar-refractivity contribution is 7.10. The zero-order valence-corrected chi connectivity index (χ0v) is 17.1. The fourth-order valence-electron chi connectivity index (χ4n) is 3.36. The Morgan fingerprint density at radius 1 is 1.31 bits per heavy atom. The van der Waals surface area contributed by atoms with E-state index in [0.717, 1.165) is 30.0 Å². The lowest BCUT2D eigenvalue weighted by molar-refractivity contribution is -0.117. The molecule has 0 spiro atoms. The van der Waals surface area contributed by atoms with Crippen molar-refractivity contribution in [3.63, 3.8) is 0 Å². The summed E-state index contributed by atoms with van der Waals surface area (Å²) < 4.78 is 4.19. The van der Waals surface area contributed by atoms with Crippen LogP contribution in [0.5, 0.6) is 0 Å². The number of nitrogens with one attached hydrogen (secondary N) is 3. The van der Waals surface area contributed by atoms with E-state index in [2.05, 4.69) is 49.0 Å². The molecule has 11 heteroatoms. The average Bonchev–Trinajstić information content (AvgIpc) is 3.09. The van der Waals surface area contributed by atoms with E-state index in [4.69, 9.17) is 5.73 Å². The van der Waals surface area contributed by atoms with Crippen molar-refractivity contribution < 1.29 is 9.59 Å². The van der Waals surface area contributed by atoms with Crippen LogP contribution in [0.25, 0.3) is 0 Å². The van der Waals surface area contributed by atoms with Crippen LogP contribution in [0.1, 0.15) is 42.4 Å². The number of hydrogen-bond donors (Lipinski definition) is 4. The predicted molar refractivity (Wildman–Crippen MR) is 111 cm³/mol. The molecule has 10 nitrogen and oxygen atoms in total. The maximum Gasteiger partial charge on any atom is 0.273 e. The van der Waals surface area contributed by atoms with E-state index < -0.39 is 5.91 Å². The molecule has 1 aliphatic rings. The minimum absolute atomic E-state index is 0.0300. The minimum Gasteiger partial charge on any atom is -0.364 e. The van der Waals surface area contributed by atoms with Crippen molar-refractivity contribution in [3.8, 4) is 0 Å². The largest absolute Gasteiger partial charge is 0.364 e. The molecule has 2 aromatic rings.